The van der Waals surface area contributed by atoms with E-state index in [2.05, 4.69) is 0 Å². The molecule has 0 fully saturated rings. The average Bonchev–Trinajstić information content (AvgIpc) is 1.12. The summed E-state index contributed by atoms with van der Waals surface area (Å²) in [4.78, 5) is 0. The van der Waals surface area contributed by atoms with Crippen LogP contribution in [0.4, 0.5) is 0 Å². The number of hydrogen-bond donors (Lipinski definition) is 2. The van der Waals surface area contributed by atoms with Crippen molar-refractivity contribution >= 4 is 76.2 Å². The van der Waals surface area contributed by atoms with Crippen molar-refractivity contribution in [3.05, 3.63) is 0 Å². The number of rotatable bonds is 0. The number of halogens is 8. The SMILES string of the molecule is [Cl][Pd-]([Cl])([Cl])[Cl].[Cl][Pd-]([Cl])([Cl])[Cl].[NH4+].[NH4+]. The third kappa shape index (κ3) is 169. The summed E-state index contributed by atoms with van der Waals surface area (Å²) >= 11 is -5.62. The summed E-state index contributed by atoms with van der Waals surface area (Å²) in [6.45, 7) is 0. The van der Waals surface area contributed by atoms with E-state index in [1.807, 2.05) is 0 Å². The maximum absolute atomic E-state index is 4.98. The second-order valence-electron chi connectivity index (χ2n) is 0.542. The molecule has 0 rings (SSSR count). The summed E-state index contributed by atoms with van der Waals surface area (Å²) in [5, 5.41) is 0. The van der Waals surface area contributed by atoms with Crippen LogP contribution in [0, 0.1) is 0 Å². The maximum Gasteiger partial charge on any atom is -0.369 e. The first kappa shape index (κ1) is 24.7. The molecular formula is H8Cl8N2Pd2. The Morgan fingerprint density at radius 1 is 0.417 bits per heavy atom. The van der Waals surface area contributed by atoms with Gasteiger partial charge in [-0.3, -0.25) is 0 Å². The number of quaternary nitrogens is 2. The first-order chi connectivity index (χ1) is 4.00. The van der Waals surface area contributed by atoms with Gasteiger partial charge in [0, 0.05) is 0 Å². The number of hydrogen-bond acceptors (Lipinski definition) is 0. The second-order valence-corrected chi connectivity index (χ2v) is 28.9. The Hall–Kier alpha value is 3.56. The van der Waals surface area contributed by atoms with Gasteiger partial charge < -0.3 is 12.3 Å². The van der Waals surface area contributed by atoms with Crippen LogP contribution in [0.2, 0.25) is 0 Å². The molecule has 0 aliphatic carbocycles. The Bertz CT molecular complexity index is 58.0. The standard InChI is InChI=1S/8ClH.2H3N.2Pd/h8*1H;2*1H3;;/q;;;;;;;;;;2*+3/p-6. The molecule has 0 amide bonds. The summed E-state index contributed by atoms with van der Waals surface area (Å²) < 4.78 is 0. The van der Waals surface area contributed by atoms with Crippen molar-refractivity contribution in [1.82, 2.24) is 12.3 Å². The topological polar surface area (TPSA) is 73.0 Å². The minimum atomic E-state index is -2.81. The summed E-state index contributed by atoms with van der Waals surface area (Å²) in [5.41, 5.74) is 0. The van der Waals surface area contributed by atoms with Gasteiger partial charge in [0.2, 0.25) is 0 Å². The molecule has 12 heteroatoms. The fourth-order valence-electron chi connectivity index (χ4n) is 0. The van der Waals surface area contributed by atoms with Gasteiger partial charge in [0.15, 0.2) is 0 Å². The normalized spacial score (nSPS) is 12.7. The molecule has 0 saturated heterocycles. The summed E-state index contributed by atoms with van der Waals surface area (Å²) in [6.07, 6.45) is 0. The van der Waals surface area contributed by atoms with E-state index in [4.69, 9.17) is 76.2 Å². The zero-order chi connectivity index (χ0) is 9.00. The fourth-order valence-corrected chi connectivity index (χ4v) is 0. The van der Waals surface area contributed by atoms with Crippen molar-refractivity contribution in [2.75, 3.05) is 0 Å². The summed E-state index contributed by atoms with van der Waals surface area (Å²) in [7, 11) is 39.8. The van der Waals surface area contributed by atoms with E-state index in [9.17, 15) is 0 Å². The van der Waals surface area contributed by atoms with E-state index in [0.717, 1.165) is 0 Å². The molecule has 0 unspecified atom stereocenters. The van der Waals surface area contributed by atoms with Crippen LogP contribution in [0.3, 0.4) is 0 Å². The predicted molar refractivity (Wildman–Crippen MR) is 58.8 cm³/mol. The quantitative estimate of drug-likeness (QED) is 0.346. The molecule has 0 aliphatic rings. The van der Waals surface area contributed by atoms with Crippen LogP contribution < -0.4 is 12.3 Å². The third-order valence-electron chi connectivity index (χ3n) is 0. The van der Waals surface area contributed by atoms with Crippen molar-refractivity contribution in [3.8, 4) is 0 Å². The third-order valence-corrected chi connectivity index (χ3v) is 0. The smallest absolute Gasteiger partial charge is 0.369 e. The van der Waals surface area contributed by atoms with Crippen molar-refractivity contribution in [3.63, 3.8) is 0 Å². The molecule has 8 N–H and O–H groups in total. The van der Waals surface area contributed by atoms with Gasteiger partial charge in [0.05, 0.1) is 0 Å². The Morgan fingerprint density at radius 2 is 0.417 bits per heavy atom. The molecule has 0 aliphatic heterocycles. The molecular weight excluding hydrogens is 524 g/mol. The van der Waals surface area contributed by atoms with Gasteiger partial charge in [0.25, 0.3) is 0 Å². The van der Waals surface area contributed by atoms with E-state index in [-0.39, 0.29) is 12.3 Å². The largest absolute Gasteiger partial charge is 0.369 e. The van der Waals surface area contributed by atoms with Crippen molar-refractivity contribution in [2.24, 2.45) is 0 Å². The molecule has 2 nitrogen and oxygen atoms in total. The Morgan fingerprint density at radius 3 is 0.417 bits per heavy atom. The van der Waals surface area contributed by atoms with E-state index >= 15 is 0 Å². The second kappa shape index (κ2) is 11.1. The zero-order valence-corrected chi connectivity index (χ0v) is 14.8. The van der Waals surface area contributed by atoms with E-state index in [1.54, 1.807) is 0 Å². The van der Waals surface area contributed by atoms with Crippen LogP contribution in [-0.4, -0.2) is 0 Å². The van der Waals surface area contributed by atoms with Gasteiger partial charge in [-0.2, -0.15) is 0 Å². The van der Waals surface area contributed by atoms with Gasteiger partial charge in [0.1, 0.15) is 0 Å². The Kier molecular flexibility index (Phi) is 22.8. The first-order valence-corrected chi connectivity index (χ1v) is 17.0. The van der Waals surface area contributed by atoms with Crippen LogP contribution in [0.5, 0.6) is 0 Å². The van der Waals surface area contributed by atoms with Crippen LogP contribution in [0.1, 0.15) is 0 Å². The molecule has 12 heavy (non-hydrogen) atoms. The van der Waals surface area contributed by atoms with Crippen LogP contribution >= 0.6 is 76.2 Å². The van der Waals surface area contributed by atoms with E-state index in [1.165, 1.54) is 0 Å². The van der Waals surface area contributed by atoms with Gasteiger partial charge in [-0.15, -0.1) is 0 Å². The molecule has 0 aromatic carbocycles. The van der Waals surface area contributed by atoms with Gasteiger partial charge in [-0.1, -0.05) is 0 Å². The van der Waals surface area contributed by atoms with Crippen molar-refractivity contribution in [2.45, 2.75) is 0 Å². The molecule has 0 saturated carbocycles. The molecule has 94 valence electrons. The minimum Gasteiger partial charge on any atom is -0.369 e. The minimum absolute atomic E-state index is 0. The molecule has 0 heterocycles. The van der Waals surface area contributed by atoms with Crippen LogP contribution in [0.25, 0.3) is 0 Å². The molecule has 0 spiro atoms. The van der Waals surface area contributed by atoms with Crippen LogP contribution in [0.15, 0.2) is 0 Å². The molecule has 0 aromatic heterocycles. The molecule has 0 bridgehead atoms. The molecule has 0 radical (unpaired) electrons. The first-order valence-electron chi connectivity index (χ1n) is 0.956. The monoisotopic (exact) mass is 528 g/mol. The van der Waals surface area contributed by atoms with Gasteiger partial charge in [-0.05, 0) is 0 Å². The summed E-state index contributed by atoms with van der Waals surface area (Å²) in [6, 6.07) is 0. The Balaban J connectivity index is -0.0000000457. The van der Waals surface area contributed by atoms with Gasteiger partial charge in [-0.25, -0.2) is 0 Å². The van der Waals surface area contributed by atoms with Gasteiger partial charge >= 0.3 is 99.1 Å². The predicted octanol–water partition coefficient (Wildman–Crippen LogP) is 6.26. The van der Waals surface area contributed by atoms with Crippen molar-refractivity contribution < 1.29 is 22.9 Å². The molecule has 0 aromatic rings. The van der Waals surface area contributed by atoms with E-state index < -0.39 is 22.9 Å². The van der Waals surface area contributed by atoms with Crippen LogP contribution in [-0.2, 0) is 22.9 Å². The fraction of sp³-hybridized carbons (Fsp3) is 0. The maximum atomic E-state index is 4.98. The average molecular weight is 533 g/mol. The molecule has 0 atom stereocenters. The zero-order valence-electron chi connectivity index (χ0n) is 5.66. The Labute approximate surface area is 109 Å². The van der Waals surface area contributed by atoms with E-state index in [0.29, 0.717) is 0 Å². The summed E-state index contributed by atoms with van der Waals surface area (Å²) in [5.74, 6) is 0. The van der Waals surface area contributed by atoms with Crippen molar-refractivity contribution in [1.29, 1.82) is 0 Å².